The number of pyridine rings is 1. The predicted octanol–water partition coefficient (Wildman–Crippen LogP) is 3.88. The lowest BCUT2D eigenvalue weighted by atomic mass is 9.87. The summed E-state index contributed by atoms with van der Waals surface area (Å²) < 4.78 is 34.4. The molecule has 0 amide bonds. The van der Waals surface area contributed by atoms with E-state index in [0.717, 1.165) is 34.4 Å². The number of sulfonamides is 1. The molecule has 1 heterocycles. The zero-order valence-electron chi connectivity index (χ0n) is 17.6. The van der Waals surface area contributed by atoms with Crippen LogP contribution in [-0.2, 0) is 21.2 Å². The zero-order chi connectivity index (χ0) is 22.7. The number of rotatable bonds is 7. The van der Waals surface area contributed by atoms with Crippen LogP contribution in [0.3, 0.4) is 0 Å². The molecule has 1 aromatic heterocycles. The van der Waals surface area contributed by atoms with Crippen LogP contribution in [0.4, 0.5) is 0 Å². The number of benzene rings is 2. The fourth-order valence-corrected chi connectivity index (χ4v) is 5.30. The van der Waals surface area contributed by atoms with Gasteiger partial charge in [-0.15, -0.1) is 0 Å². The Hall–Kier alpha value is -3.23. The number of ether oxygens (including phenoxy) is 1. The van der Waals surface area contributed by atoms with Gasteiger partial charge in [0.2, 0.25) is 10.0 Å². The van der Waals surface area contributed by atoms with Gasteiger partial charge in [0, 0.05) is 17.8 Å². The maximum atomic E-state index is 13.1. The second kappa shape index (κ2) is 9.10. The Morgan fingerprint density at radius 2 is 1.94 bits per heavy atom. The molecule has 2 N–H and O–H groups in total. The van der Waals surface area contributed by atoms with Crippen LogP contribution in [0.1, 0.15) is 35.6 Å². The molecule has 32 heavy (non-hydrogen) atoms. The number of fused-ring (bicyclic) bond motifs is 1. The Kier molecular flexibility index (Phi) is 6.25. The van der Waals surface area contributed by atoms with Crippen LogP contribution in [0.25, 0.3) is 11.3 Å². The Morgan fingerprint density at radius 3 is 2.66 bits per heavy atom. The lowest BCUT2D eigenvalue weighted by Gasteiger charge is -2.27. The highest BCUT2D eigenvalue weighted by Gasteiger charge is 2.27. The third-order valence-electron chi connectivity index (χ3n) is 5.56. The Bertz CT molecular complexity index is 1240. The molecular formula is C24H24N2O5S. The second-order valence-electron chi connectivity index (χ2n) is 7.77. The minimum absolute atomic E-state index is 0.181. The number of aryl methyl sites for hydroxylation is 1. The Labute approximate surface area is 187 Å². The minimum atomic E-state index is -3.76. The molecular weight excluding hydrogens is 428 g/mol. The van der Waals surface area contributed by atoms with Crippen LogP contribution < -0.4 is 9.46 Å². The van der Waals surface area contributed by atoms with Gasteiger partial charge in [0.25, 0.3) is 0 Å². The van der Waals surface area contributed by atoms with E-state index in [0.29, 0.717) is 18.6 Å². The van der Waals surface area contributed by atoms with Gasteiger partial charge in [0.15, 0.2) is 6.61 Å². The fraction of sp³-hybridized carbons (Fsp3) is 0.250. The van der Waals surface area contributed by atoms with Crippen molar-refractivity contribution in [3.05, 3.63) is 77.5 Å². The zero-order valence-corrected chi connectivity index (χ0v) is 18.4. The van der Waals surface area contributed by atoms with Gasteiger partial charge in [0.1, 0.15) is 5.75 Å². The first kappa shape index (κ1) is 22.0. The van der Waals surface area contributed by atoms with Gasteiger partial charge in [0.05, 0.1) is 10.6 Å². The van der Waals surface area contributed by atoms with Crippen LogP contribution in [0, 0.1) is 6.92 Å². The molecule has 166 valence electrons. The average molecular weight is 453 g/mol. The van der Waals surface area contributed by atoms with Crippen LogP contribution in [0.2, 0.25) is 0 Å². The summed E-state index contributed by atoms with van der Waals surface area (Å²) in [6, 6.07) is 15.4. The standard InChI is InChI=1S/C24H24N2O5S/c1-16-5-4-14-25-24(16)17-10-12-18(13-11-17)32(29,30)26-21-8-2-7-20-19(21)6-3-9-22(20)31-15-23(27)28/h3-6,9-14,21,26H,2,7-8,15H2,1H3,(H,27,28). The molecule has 4 rings (SSSR count). The highest BCUT2D eigenvalue weighted by molar-refractivity contribution is 7.89. The van der Waals surface area contributed by atoms with Crippen molar-refractivity contribution in [2.45, 2.75) is 37.1 Å². The van der Waals surface area contributed by atoms with Gasteiger partial charge in [-0.25, -0.2) is 17.9 Å². The van der Waals surface area contributed by atoms with E-state index >= 15 is 0 Å². The van der Waals surface area contributed by atoms with E-state index in [9.17, 15) is 13.2 Å². The lowest BCUT2D eigenvalue weighted by molar-refractivity contribution is -0.139. The summed E-state index contributed by atoms with van der Waals surface area (Å²) in [5.74, 6) is -0.566. The molecule has 0 bridgehead atoms. The molecule has 0 radical (unpaired) electrons. The third kappa shape index (κ3) is 4.66. The highest BCUT2D eigenvalue weighted by atomic mass is 32.2. The molecule has 0 aliphatic heterocycles. The summed E-state index contributed by atoms with van der Waals surface area (Å²) in [5, 5.41) is 8.90. The number of nitrogens with one attached hydrogen (secondary N) is 1. The van der Waals surface area contributed by atoms with Gasteiger partial charge >= 0.3 is 5.97 Å². The third-order valence-corrected chi connectivity index (χ3v) is 7.05. The number of hydrogen-bond acceptors (Lipinski definition) is 5. The largest absolute Gasteiger partial charge is 0.482 e. The maximum absolute atomic E-state index is 13.1. The van der Waals surface area contributed by atoms with Gasteiger partial charge in [-0.2, -0.15) is 0 Å². The van der Waals surface area contributed by atoms with Crippen LogP contribution in [-0.4, -0.2) is 31.1 Å². The number of aromatic nitrogens is 1. The summed E-state index contributed by atoms with van der Waals surface area (Å²) in [5.41, 5.74) is 4.36. The summed E-state index contributed by atoms with van der Waals surface area (Å²) in [6.07, 6.45) is 3.84. The normalized spacial score (nSPS) is 15.7. The smallest absolute Gasteiger partial charge is 0.341 e. The summed E-state index contributed by atoms with van der Waals surface area (Å²) in [7, 11) is -3.76. The van der Waals surface area contributed by atoms with Gasteiger partial charge < -0.3 is 9.84 Å². The van der Waals surface area contributed by atoms with E-state index in [1.807, 2.05) is 25.1 Å². The van der Waals surface area contributed by atoms with Crippen molar-refractivity contribution in [1.82, 2.24) is 9.71 Å². The molecule has 1 aliphatic carbocycles. The SMILES string of the molecule is Cc1cccnc1-c1ccc(S(=O)(=O)NC2CCCc3c(OCC(=O)O)cccc32)cc1. The molecule has 0 saturated carbocycles. The molecule has 0 saturated heterocycles. The van der Waals surface area contributed by atoms with Crippen molar-refractivity contribution < 1.29 is 23.1 Å². The van der Waals surface area contributed by atoms with Crippen molar-refractivity contribution in [2.24, 2.45) is 0 Å². The number of nitrogens with zero attached hydrogens (tertiary/aromatic N) is 1. The maximum Gasteiger partial charge on any atom is 0.341 e. The molecule has 0 spiro atoms. The van der Waals surface area contributed by atoms with Crippen LogP contribution in [0.5, 0.6) is 5.75 Å². The number of carboxylic acid groups (broad SMARTS) is 1. The minimum Gasteiger partial charge on any atom is -0.482 e. The van der Waals surface area contributed by atoms with Crippen molar-refractivity contribution in [1.29, 1.82) is 0 Å². The lowest BCUT2D eigenvalue weighted by Crippen LogP contribution is -2.31. The number of aliphatic carboxylic acids is 1. The molecule has 3 aromatic rings. The predicted molar refractivity (Wildman–Crippen MR) is 120 cm³/mol. The van der Waals surface area contributed by atoms with Gasteiger partial charge in [-0.3, -0.25) is 4.98 Å². The second-order valence-corrected chi connectivity index (χ2v) is 9.48. The van der Waals surface area contributed by atoms with E-state index in [-0.39, 0.29) is 4.90 Å². The van der Waals surface area contributed by atoms with Crippen molar-refractivity contribution in [2.75, 3.05) is 6.61 Å². The number of carbonyl (C=O) groups is 1. The molecule has 0 fully saturated rings. The molecule has 1 aliphatic rings. The van der Waals surface area contributed by atoms with Crippen LogP contribution in [0.15, 0.2) is 65.7 Å². The van der Waals surface area contributed by atoms with Gasteiger partial charge in [-0.1, -0.05) is 30.3 Å². The van der Waals surface area contributed by atoms with Crippen molar-refractivity contribution >= 4 is 16.0 Å². The first-order valence-corrected chi connectivity index (χ1v) is 11.8. The monoisotopic (exact) mass is 452 g/mol. The molecule has 2 aromatic carbocycles. The number of carboxylic acids is 1. The molecule has 1 atom stereocenters. The summed E-state index contributed by atoms with van der Waals surface area (Å²) in [4.78, 5) is 15.4. The highest BCUT2D eigenvalue weighted by Crippen LogP contribution is 2.36. The first-order chi connectivity index (χ1) is 15.3. The van der Waals surface area contributed by atoms with E-state index in [2.05, 4.69) is 9.71 Å². The average Bonchev–Trinajstić information content (AvgIpc) is 2.78. The van der Waals surface area contributed by atoms with E-state index in [4.69, 9.17) is 9.84 Å². The Morgan fingerprint density at radius 1 is 1.16 bits per heavy atom. The van der Waals surface area contributed by atoms with Crippen molar-refractivity contribution in [3.63, 3.8) is 0 Å². The molecule has 1 unspecified atom stereocenters. The molecule has 8 heteroatoms. The topological polar surface area (TPSA) is 106 Å². The van der Waals surface area contributed by atoms with Gasteiger partial charge in [-0.05, 0) is 67.1 Å². The van der Waals surface area contributed by atoms with E-state index in [1.165, 1.54) is 0 Å². The molecule has 7 nitrogen and oxygen atoms in total. The van der Waals surface area contributed by atoms with E-state index in [1.54, 1.807) is 42.6 Å². The fourth-order valence-electron chi connectivity index (χ4n) is 4.05. The number of hydrogen-bond donors (Lipinski definition) is 2. The Balaban J connectivity index is 1.57. The van der Waals surface area contributed by atoms with Crippen molar-refractivity contribution in [3.8, 4) is 17.0 Å². The first-order valence-electron chi connectivity index (χ1n) is 10.4. The quantitative estimate of drug-likeness (QED) is 0.564. The van der Waals surface area contributed by atoms with E-state index < -0.39 is 28.6 Å². The van der Waals surface area contributed by atoms with Crippen LogP contribution >= 0.6 is 0 Å². The summed E-state index contributed by atoms with van der Waals surface area (Å²) in [6.45, 7) is 1.53. The summed E-state index contributed by atoms with van der Waals surface area (Å²) >= 11 is 0.